The van der Waals surface area contributed by atoms with Crippen LogP contribution in [0.5, 0.6) is 0 Å². The highest BCUT2D eigenvalue weighted by molar-refractivity contribution is 5.81. The average Bonchev–Trinajstić information content (AvgIpc) is 2.35. The number of likely N-dealkylation sites (N-methyl/N-ethyl adjacent to an activating group) is 1. The van der Waals surface area contributed by atoms with Crippen LogP contribution in [0.4, 0.5) is 17.5 Å². The lowest BCUT2D eigenvalue weighted by atomic mass is 10.3. The fourth-order valence-corrected chi connectivity index (χ4v) is 1.44. The molecule has 19 heavy (non-hydrogen) atoms. The topological polar surface area (TPSA) is 122 Å². The molecule has 1 amide bonds. The number of aryl methyl sites for hydroxylation is 1. The van der Waals surface area contributed by atoms with Crippen molar-refractivity contribution in [2.75, 3.05) is 30.8 Å². The number of rotatable bonds is 6. The van der Waals surface area contributed by atoms with Crippen molar-refractivity contribution < 1.29 is 9.72 Å². The number of aromatic nitrogens is 2. The largest absolute Gasteiger partial charge is 0.357 e. The number of carbonyl (C=O) groups excluding carboxylic acids is 1. The Morgan fingerprint density at radius 3 is 2.63 bits per heavy atom. The van der Waals surface area contributed by atoms with E-state index in [2.05, 4.69) is 25.9 Å². The summed E-state index contributed by atoms with van der Waals surface area (Å²) in [6.45, 7) is 3.70. The van der Waals surface area contributed by atoms with E-state index >= 15 is 0 Å². The van der Waals surface area contributed by atoms with E-state index in [0.717, 1.165) is 0 Å². The van der Waals surface area contributed by atoms with E-state index < -0.39 is 4.92 Å². The molecule has 1 aromatic heterocycles. The van der Waals surface area contributed by atoms with E-state index in [1.54, 1.807) is 14.0 Å². The van der Waals surface area contributed by atoms with Crippen LogP contribution < -0.4 is 16.0 Å². The van der Waals surface area contributed by atoms with E-state index in [4.69, 9.17) is 0 Å². The van der Waals surface area contributed by atoms with Crippen LogP contribution in [0, 0.1) is 17.0 Å². The first kappa shape index (κ1) is 14.6. The lowest BCUT2D eigenvalue weighted by Crippen LogP contribution is -2.30. The smallest absolute Gasteiger partial charge is 0.332 e. The third-order valence-electron chi connectivity index (χ3n) is 2.25. The molecule has 104 valence electrons. The van der Waals surface area contributed by atoms with Crippen LogP contribution in [-0.2, 0) is 4.79 Å². The zero-order chi connectivity index (χ0) is 14.4. The molecule has 0 aliphatic carbocycles. The fourth-order valence-electron chi connectivity index (χ4n) is 1.44. The number of nitrogens with one attached hydrogen (secondary N) is 3. The summed E-state index contributed by atoms with van der Waals surface area (Å²) < 4.78 is 0. The summed E-state index contributed by atoms with van der Waals surface area (Å²) in [5.41, 5.74) is -0.00829. The number of amides is 1. The van der Waals surface area contributed by atoms with Crippen molar-refractivity contribution in [3.05, 3.63) is 15.8 Å². The number of nitro groups is 1. The van der Waals surface area contributed by atoms with E-state index in [0.29, 0.717) is 6.54 Å². The predicted molar refractivity (Wildman–Crippen MR) is 70.1 cm³/mol. The van der Waals surface area contributed by atoms with Crippen molar-refractivity contribution in [3.8, 4) is 0 Å². The first-order valence-electron chi connectivity index (χ1n) is 5.71. The van der Waals surface area contributed by atoms with Crippen LogP contribution in [0.3, 0.4) is 0 Å². The molecule has 9 heteroatoms. The highest BCUT2D eigenvalue weighted by atomic mass is 16.6. The molecule has 0 saturated heterocycles. The van der Waals surface area contributed by atoms with Crippen molar-refractivity contribution in [3.63, 3.8) is 0 Å². The van der Waals surface area contributed by atoms with Gasteiger partial charge in [0.25, 0.3) is 0 Å². The number of nitrogens with zero attached hydrogens (tertiary/aromatic N) is 3. The zero-order valence-electron chi connectivity index (χ0n) is 11.0. The highest BCUT2D eigenvalue weighted by Gasteiger charge is 2.22. The van der Waals surface area contributed by atoms with Crippen molar-refractivity contribution in [1.82, 2.24) is 15.3 Å². The van der Waals surface area contributed by atoms with E-state index in [9.17, 15) is 14.9 Å². The monoisotopic (exact) mass is 268 g/mol. The third kappa shape index (κ3) is 3.76. The molecule has 0 radical (unpaired) electrons. The predicted octanol–water partition coefficient (Wildman–Crippen LogP) is 0.283. The standard InChI is InChI=1S/C10H16N6O3/c1-4-12-7(17)5-13-9-8(16(18)19)6(2)14-10(11-3)15-9/h4-5H2,1-3H3,(H,12,17)(H2,11,13,14,15). The van der Waals surface area contributed by atoms with E-state index in [-0.39, 0.29) is 35.6 Å². The van der Waals surface area contributed by atoms with Crippen LogP contribution in [0.15, 0.2) is 0 Å². The maximum atomic E-state index is 11.3. The lowest BCUT2D eigenvalue weighted by Gasteiger charge is -2.09. The Labute approximate surface area is 110 Å². The number of anilines is 2. The van der Waals surface area contributed by atoms with Crippen molar-refractivity contribution in [1.29, 1.82) is 0 Å². The van der Waals surface area contributed by atoms with Gasteiger partial charge in [0.05, 0.1) is 11.5 Å². The van der Waals surface area contributed by atoms with Gasteiger partial charge in [-0.05, 0) is 13.8 Å². The molecule has 0 atom stereocenters. The van der Waals surface area contributed by atoms with Gasteiger partial charge in [-0.25, -0.2) is 4.98 Å². The van der Waals surface area contributed by atoms with Gasteiger partial charge in [0.1, 0.15) is 5.69 Å². The first-order chi connectivity index (χ1) is 8.99. The van der Waals surface area contributed by atoms with Gasteiger partial charge in [-0.2, -0.15) is 4.98 Å². The quantitative estimate of drug-likeness (QED) is 0.500. The molecule has 0 fully saturated rings. The summed E-state index contributed by atoms with van der Waals surface area (Å²) in [6.07, 6.45) is 0. The minimum Gasteiger partial charge on any atom is -0.357 e. The molecule has 0 spiro atoms. The summed E-state index contributed by atoms with van der Waals surface area (Å²) in [4.78, 5) is 29.6. The summed E-state index contributed by atoms with van der Waals surface area (Å²) in [5, 5.41) is 18.9. The Morgan fingerprint density at radius 1 is 1.42 bits per heavy atom. The maximum Gasteiger partial charge on any atom is 0.332 e. The van der Waals surface area contributed by atoms with Crippen LogP contribution in [0.25, 0.3) is 0 Å². The summed E-state index contributed by atoms with van der Waals surface area (Å²) >= 11 is 0. The maximum absolute atomic E-state index is 11.3. The Morgan fingerprint density at radius 2 is 2.11 bits per heavy atom. The number of hydrogen-bond acceptors (Lipinski definition) is 7. The zero-order valence-corrected chi connectivity index (χ0v) is 11.0. The molecule has 1 aromatic rings. The van der Waals surface area contributed by atoms with Gasteiger partial charge in [-0.15, -0.1) is 0 Å². The molecule has 1 heterocycles. The van der Waals surface area contributed by atoms with Gasteiger partial charge < -0.3 is 16.0 Å². The van der Waals surface area contributed by atoms with Crippen molar-refractivity contribution in [2.45, 2.75) is 13.8 Å². The van der Waals surface area contributed by atoms with Gasteiger partial charge in [-0.3, -0.25) is 14.9 Å². The molecule has 0 unspecified atom stereocenters. The van der Waals surface area contributed by atoms with Gasteiger partial charge >= 0.3 is 5.69 Å². The lowest BCUT2D eigenvalue weighted by molar-refractivity contribution is -0.385. The summed E-state index contributed by atoms with van der Waals surface area (Å²) in [6, 6.07) is 0. The molecule has 3 N–H and O–H groups in total. The SMILES string of the molecule is CCNC(=O)CNc1nc(NC)nc(C)c1[N+](=O)[O-]. The fraction of sp³-hybridized carbons (Fsp3) is 0.500. The Balaban J connectivity index is 2.99. The summed E-state index contributed by atoms with van der Waals surface area (Å²) in [5.74, 6) is 0.00803. The Kier molecular flexibility index (Phi) is 4.98. The second-order valence-corrected chi connectivity index (χ2v) is 3.64. The molecule has 1 rings (SSSR count). The first-order valence-corrected chi connectivity index (χ1v) is 5.71. The second kappa shape index (κ2) is 6.47. The van der Waals surface area contributed by atoms with Crippen LogP contribution in [0.2, 0.25) is 0 Å². The van der Waals surface area contributed by atoms with Gasteiger partial charge in [0.15, 0.2) is 0 Å². The Hall–Kier alpha value is -2.45. The van der Waals surface area contributed by atoms with Gasteiger partial charge in [0.2, 0.25) is 17.7 Å². The Bertz CT molecular complexity index is 490. The van der Waals surface area contributed by atoms with Crippen LogP contribution in [-0.4, -0.2) is 40.9 Å². The average molecular weight is 268 g/mol. The summed E-state index contributed by atoms with van der Waals surface area (Å²) in [7, 11) is 1.61. The molecular weight excluding hydrogens is 252 g/mol. The van der Waals surface area contributed by atoms with E-state index in [1.165, 1.54) is 6.92 Å². The molecular formula is C10H16N6O3. The third-order valence-corrected chi connectivity index (χ3v) is 2.25. The molecule has 0 saturated carbocycles. The molecule has 0 bridgehead atoms. The molecule has 0 aromatic carbocycles. The molecule has 0 aliphatic heterocycles. The van der Waals surface area contributed by atoms with Crippen molar-refractivity contribution >= 4 is 23.4 Å². The van der Waals surface area contributed by atoms with Gasteiger partial charge in [-0.1, -0.05) is 0 Å². The van der Waals surface area contributed by atoms with Gasteiger partial charge in [0, 0.05) is 13.6 Å². The second-order valence-electron chi connectivity index (χ2n) is 3.64. The minimum absolute atomic E-state index is 0.0214. The normalized spacial score (nSPS) is 9.84. The highest BCUT2D eigenvalue weighted by Crippen LogP contribution is 2.26. The van der Waals surface area contributed by atoms with E-state index in [1.807, 2.05) is 0 Å². The minimum atomic E-state index is -0.575. The molecule has 9 nitrogen and oxygen atoms in total. The van der Waals surface area contributed by atoms with Crippen molar-refractivity contribution in [2.24, 2.45) is 0 Å². The van der Waals surface area contributed by atoms with Crippen LogP contribution >= 0.6 is 0 Å². The van der Waals surface area contributed by atoms with Crippen LogP contribution in [0.1, 0.15) is 12.6 Å². The molecule has 0 aliphatic rings. The number of hydrogen-bond donors (Lipinski definition) is 3. The number of carbonyl (C=O) groups is 1.